The van der Waals surface area contributed by atoms with Crippen LogP contribution in [-0.4, -0.2) is 57.3 Å². The number of nitrogens with zero attached hydrogens (tertiary/aromatic N) is 2. The van der Waals surface area contributed by atoms with Crippen LogP contribution in [0.15, 0.2) is 70.9 Å². The molecule has 0 heterocycles. The number of para-hydroxylation sites is 2. The lowest BCUT2D eigenvalue weighted by Gasteiger charge is -2.21. The Hall–Kier alpha value is -2.78. The molecule has 0 aliphatic rings. The molecule has 6 N–H and O–H groups in total. The van der Waals surface area contributed by atoms with E-state index in [0.29, 0.717) is 5.69 Å². The van der Waals surface area contributed by atoms with Crippen LogP contribution in [0, 0.1) is 0 Å². The highest BCUT2D eigenvalue weighted by atomic mass is 16.4. The number of rotatable bonds is 9. The second kappa shape index (κ2) is 10.3. The fourth-order valence-corrected chi connectivity index (χ4v) is 1.99. The van der Waals surface area contributed by atoms with Gasteiger partial charge in [0.2, 0.25) is 0 Å². The first kappa shape index (κ1) is 19.5. The van der Waals surface area contributed by atoms with E-state index < -0.39 is 24.9 Å². The highest BCUT2D eigenvalue weighted by molar-refractivity contribution is 6.33. The fourth-order valence-electron chi connectivity index (χ4n) is 1.99. The Morgan fingerprint density at radius 1 is 0.885 bits per heavy atom. The van der Waals surface area contributed by atoms with E-state index in [0.717, 1.165) is 5.69 Å². The predicted octanol–water partition coefficient (Wildman–Crippen LogP) is 0.627. The zero-order chi connectivity index (χ0) is 18.8. The molecule has 2 aromatic rings. The third-order valence-electron chi connectivity index (χ3n) is 3.46. The van der Waals surface area contributed by atoms with E-state index in [4.69, 9.17) is 5.11 Å². The predicted molar refractivity (Wildman–Crippen MR) is 101 cm³/mol. The van der Waals surface area contributed by atoms with E-state index in [9.17, 15) is 15.3 Å². The topological polar surface area (TPSA) is 130 Å². The standard InChI is InChI=1S/C18H22N4O4/c23-12-16(24)18(26)17(25)15(22-21-14-9-5-2-6-10-14)11-19-20-13-7-3-1-4-8-13/h1-11,16-18,20-21,23-26H,12H2/t16-,17+,18-/m1/s1. The van der Waals surface area contributed by atoms with Gasteiger partial charge in [-0.3, -0.25) is 10.9 Å². The Bertz CT molecular complexity index is 710. The van der Waals surface area contributed by atoms with E-state index in [2.05, 4.69) is 21.1 Å². The summed E-state index contributed by atoms with van der Waals surface area (Å²) in [7, 11) is 0. The molecule has 0 fully saturated rings. The number of hydrogen-bond donors (Lipinski definition) is 6. The summed E-state index contributed by atoms with van der Waals surface area (Å²) in [6, 6.07) is 18.1. The second-order valence-electron chi connectivity index (χ2n) is 5.44. The second-order valence-corrected chi connectivity index (χ2v) is 5.44. The molecular weight excluding hydrogens is 336 g/mol. The van der Waals surface area contributed by atoms with Gasteiger partial charge in [0.1, 0.15) is 24.0 Å². The number of benzene rings is 2. The molecule has 26 heavy (non-hydrogen) atoms. The average Bonchev–Trinajstić information content (AvgIpc) is 2.70. The van der Waals surface area contributed by atoms with Gasteiger partial charge >= 0.3 is 0 Å². The van der Waals surface area contributed by atoms with Gasteiger partial charge < -0.3 is 20.4 Å². The minimum Gasteiger partial charge on any atom is -0.394 e. The summed E-state index contributed by atoms with van der Waals surface area (Å²) in [6.45, 7) is -0.697. The van der Waals surface area contributed by atoms with E-state index in [1.807, 2.05) is 36.4 Å². The van der Waals surface area contributed by atoms with Crippen LogP contribution in [0.25, 0.3) is 0 Å². The number of hydrogen-bond acceptors (Lipinski definition) is 8. The molecule has 3 atom stereocenters. The van der Waals surface area contributed by atoms with E-state index >= 15 is 0 Å². The molecule has 0 aromatic heterocycles. The van der Waals surface area contributed by atoms with E-state index in [1.54, 1.807) is 24.3 Å². The highest BCUT2D eigenvalue weighted by Gasteiger charge is 2.27. The summed E-state index contributed by atoms with van der Waals surface area (Å²) < 4.78 is 0. The van der Waals surface area contributed by atoms with Crippen LogP contribution in [0.1, 0.15) is 0 Å². The molecule has 0 spiro atoms. The third kappa shape index (κ3) is 5.94. The molecule has 8 nitrogen and oxygen atoms in total. The maximum Gasteiger partial charge on any atom is 0.128 e. The fraction of sp³-hybridized carbons (Fsp3) is 0.222. The molecule has 0 aliphatic carbocycles. The number of nitrogens with one attached hydrogen (secondary N) is 2. The monoisotopic (exact) mass is 358 g/mol. The lowest BCUT2D eigenvalue weighted by molar-refractivity contribution is -0.0548. The summed E-state index contributed by atoms with van der Waals surface area (Å²) in [6.07, 6.45) is -3.47. The molecule has 8 heteroatoms. The van der Waals surface area contributed by atoms with Crippen LogP contribution in [0.2, 0.25) is 0 Å². The van der Waals surface area contributed by atoms with Crippen molar-refractivity contribution in [1.29, 1.82) is 0 Å². The summed E-state index contributed by atoms with van der Waals surface area (Å²) in [4.78, 5) is 0. The van der Waals surface area contributed by atoms with Crippen LogP contribution in [-0.2, 0) is 0 Å². The Morgan fingerprint density at radius 3 is 1.96 bits per heavy atom. The SMILES string of the molecule is OC[C@@H](O)[C@@H](O)[C@@H](O)C(C=NNc1ccccc1)=NNc1ccccc1. The number of anilines is 2. The molecule has 0 unspecified atom stereocenters. The normalized spacial score (nSPS) is 15.5. The average molecular weight is 358 g/mol. The maximum atomic E-state index is 10.2. The number of aliphatic hydroxyl groups is 4. The first-order valence-electron chi connectivity index (χ1n) is 7.99. The summed E-state index contributed by atoms with van der Waals surface area (Å²) >= 11 is 0. The van der Waals surface area contributed by atoms with Gasteiger partial charge in [-0.05, 0) is 24.3 Å². The van der Waals surface area contributed by atoms with Crippen molar-refractivity contribution in [3.05, 3.63) is 60.7 Å². The Balaban J connectivity index is 2.14. The maximum absolute atomic E-state index is 10.2. The van der Waals surface area contributed by atoms with Crippen LogP contribution in [0.3, 0.4) is 0 Å². The van der Waals surface area contributed by atoms with Crippen molar-refractivity contribution in [2.75, 3.05) is 17.5 Å². The van der Waals surface area contributed by atoms with Crippen LogP contribution in [0.4, 0.5) is 11.4 Å². The third-order valence-corrected chi connectivity index (χ3v) is 3.46. The van der Waals surface area contributed by atoms with Gasteiger partial charge in [0.05, 0.1) is 24.2 Å². The first-order chi connectivity index (χ1) is 12.6. The van der Waals surface area contributed by atoms with Crippen molar-refractivity contribution < 1.29 is 20.4 Å². The van der Waals surface area contributed by atoms with Gasteiger partial charge in [-0.1, -0.05) is 36.4 Å². The van der Waals surface area contributed by atoms with Crippen LogP contribution in [0.5, 0.6) is 0 Å². The van der Waals surface area contributed by atoms with Gasteiger partial charge in [0.15, 0.2) is 0 Å². The van der Waals surface area contributed by atoms with Crippen molar-refractivity contribution in [1.82, 2.24) is 0 Å². The highest BCUT2D eigenvalue weighted by Crippen LogP contribution is 2.08. The van der Waals surface area contributed by atoms with Crippen molar-refractivity contribution in [3.8, 4) is 0 Å². The molecule has 0 aliphatic heterocycles. The van der Waals surface area contributed by atoms with E-state index in [-0.39, 0.29) is 5.71 Å². The summed E-state index contributed by atoms with van der Waals surface area (Å²) in [5.41, 5.74) is 6.87. The van der Waals surface area contributed by atoms with Gasteiger partial charge in [-0.15, -0.1) is 0 Å². The number of aliphatic hydroxyl groups excluding tert-OH is 4. The van der Waals surface area contributed by atoms with Crippen molar-refractivity contribution in [2.24, 2.45) is 10.2 Å². The van der Waals surface area contributed by atoms with Gasteiger partial charge in [0.25, 0.3) is 0 Å². The lowest BCUT2D eigenvalue weighted by Crippen LogP contribution is -2.44. The Kier molecular flexibility index (Phi) is 7.72. The molecule has 0 amide bonds. The minimum atomic E-state index is -1.63. The van der Waals surface area contributed by atoms with Gasteiger partial charge in [-0.2, -0.15) is 10.2 Å². The molecular formula is C18H22N4O4. The Labute approximate surface area is 151 Å². The molecule has 0 saturated carbocycles. The molecule has 0 radical (unpaired) electrons. The van der Waals surface area contributed by atoms with Gasteiger partial charge in [0, 0.05) is 0 Å². The van der Waals surface area contributed by atoms with Crippen molar-refractivity contribution in [3.63, 3.8) is 0 Å². The molecule has 2 aromatic carbocycles. The smallest absolute Gasteiger partial charge is 0.128 e. The lowest BCUT2D eigenvalue weighted by atomic mass is 10.0. The zero-order valence-corrected chi connectivity index (χ0v) is 14.0. The zero-order valence-electron chi connectivity index (χ0n) is 14.0. The molecule has 0 bridgehead atoms. The quantitative estimate of drug-likeness (QED) is 0.288. The summed E-state index contributed by atoms with van der Waals surface area (Å²) in [5, 5.41) is 46.7. The molecule has 138 valence electrons. The van der Waals surface area contributed by atoms with Crippen molar-refractivity contribution >= 4 is 23.3 Å². The van der Waals surface area contributed by atoms with Crippen LogP contribution >= 0.6 is 0 Å². The summed E-state index contributed by atoms with van der Waals surface area (Å²) in [5.74, 6) is 0. The number of hydrazone groups is 2. The minimum absolute atomic E-state index is 0.0303. The first-order valence-corrected chi connectivity index (χ1v) is 7.99. The van der Waals surface area contributed by atoms with E-state index in [1.165, 1.54) is 6.21 Å². The largest absolute Gasteiger partial charge is 0.394 e. The van der Waals surface area contributed by atoms with Gasteiger partial charge in [-0.25, -0.2) is 0 Å². The molecule has 0 saturated heterocycles. The van der Waals surface area contributed by atoms with Crippen LogP contribution < -0.4 is 10.9 Å². The van der Waals surface area contributed by atoms with Crippen molar-refractivity contribution in [2.45, 2.75) is 18.3 Å². The molecule has 2 rings (SSSR count). The Morgan fingerprint density at radius 2 is 1.42 bits per heavy atom.